The van der Waals surface area contributed by atoms with E-state index >= 15 is 0 Å². The maximum absolute atomic E-state index is 13.2. The van der Waals surface area contributed by atoms with Crippen LogP contribution in [-0.4, -0.2) is 5.97 Å². The summed E-state index contributed by atoms with van der Waals surface area (Å²) < 4.78 is 13.2. The molecule has 0 saturated heterocycles. The fraction of sp³-hybridized carbons (Fsp3) is 0.308. The highest BCUT2D eigenvalue weighted by Gasteiger charge is 2.14. The number of rotatable bonds is 3. The Labute approximate surface area is 121 Å². The van der Waals surface area contributed by atoms with Crippen LogP contribution in [0.3, 0.4) is 0 Å². The smallest absolute Gasteiger partial charge is 0.214 e. The zero-order chi connectivity index (χ0) is 13.0. The first kappa shape index (κ1) is 13.8. The van der Waals surface area contributed by atoms with E-state index in [2.05, 4.69) is 39.0 Å². The molecule has 0 spiro atoms. The second kappa shape index (κ2) is 6.49. The summed E-state index contributed by atoms with van der Waals surface area (Å²) in [5.74, 6) is 5.85. The third-order valence-corrected chi connectivity index (χ3v) is 4.14. The van der Waals surface area contributed by atoms with Gasteiger partial charge in [0, 0.05) is 23.5 Å². The second-order valence-electron chi connectivity index (χ2n) is 4.19. The molecule has 2 rings (SSSR count). The van der Waals surface area contributed by atoms with Crippen molar-refractivity contribution in [1.82, 2.24) is 0 Å². The third kappa shape index (κ3) is 3.43. The molecular formula is C13H13FIN2P. The van der Waals surface area contributed by atoms with Gasteiger partial charge in [-0.25, -0.2) is 0 Å². The number of halogens is 2. The van der Waals surface area contributed by atoms with Crippen LogP contribution in [0.25, 0.3) is 0 Å². The van der Waals surface area contributed by atoms with Crippen LogP contribution < -0.4 is 5.09 Å². The lowest BCUT2D eigenvalue weighted by Gasteiger charge is -2.18. The first-order valence-electron chi connectivity index (χ1n) is 5.72. The number of anilines is 1. The van der Waals surface area contributed by atoms with E-state index in [0.29, 0.717) is 23.5 Å². The van der Waals surface area contributed by atoms with Crippen LogP contribution in [0.5, 0.6) is 0 Å². The van der Waals surface area contributed by atoms with Gasteiger partial charge in [-0.3, -0.25) is 5.41 Å². The van der Waals surface area contributed by atoms with Crippen molar-refractivity contribution in [1.29, 1.82) is 5.41 Å². The molecular weight excluding hydrogens is 361 g/mol. The van der Waals surface area contributed by atoms with Gasteiger partial charge in [0.15, 0.2) is 0 Å². The highest BCUT2D eigenvalue weighted by Crippen LogP contribution is 2.28. The Morgan fingerprint density at radius 1 is 1.50 bits per heavy atom. The molecule has 0 amide bonds. The monoisotopic (exact) mass is 374 g/mol. The van der Waals surface area contributed by atoms with E-state index < -0.39 is 5.97 Å². The van der Waals surface area contributed by atoms with Gasteiger partial charge >= 0.3 is 0 Å². The molecule has 0 heterocycles. The van der Waals surface area contributed by atoms with E-state index in [1.807, 2.05) is 6.07 Å². The third-order valence-electron chi connectivity index (χ3n) is 2.96. The zero-order valence-corrected chi connectivity index (χ0v) is 12.8. The lowest BCUT2D eigenvalue weighted by Crippen LogP contribution is -2.07. The molecule has 1 aromatic carbocycles. The molecule has 2 nitrogen and oxygen atoms in total. The predicted molar refractivity (Wildman–Crippen MR) is 84.6 cm³/mol. The topological polar surface area (TPSA) is 35.9 Å². The Hall–Kier alpha value is -0.660. The lowest BCUT2D eigenvalue weighted by molar-refractivity contribution is 0.401. The van der Waals surface area contributed by atoms with Crippen LogP contribution in [0.15, 0.2) is 18.2 Å². The Bertz CT molecular complexity index is 517. The average Bonchev–Trinajstić information content (AvgIpc) is 2.29. The zero-order valence-electron chi connectivity index (χ0n) is 9.69. The van der Waals surface area contributed by atoms with Crippen molar-refractivity contribution < 1.29 is 4.39 Å². The maximum atomic E-state index is 13.2. The lowest BCUT2D eigenvalue weighted by atomic mass is 9.86. The Morgan fingerprint density at radius 3 is 2.83 bits per heavy atom. The van der Waals surface area contributed by atoms with Crippen molar-refractivity contribution in [2.24, 2.45) is 5.92 Å². The summed E-state index contributed by atoms with van der Waals surface area (Å²) in [6, 6.07) is 5.31. The van der Waals surface area contributed by atoms with Crippen LogP contribution in [0, 0.1) is 23.2 Å². The van der Waals surface area contributed by atoms with Gasteiger partial charge in [-0.05, 0) is 53.1 Å². The number of hydrogen-bond acceptors (Lipinski definition) is 2. The molecule has 0 aliphatic heterocycles. The minimum Gasteiger partial charge on any atom is -0.358 e. The second-order valence-corrected chi connectivity index (χ2v) is 6.25. The fourth-order valence-corrected chi connectivity index (χ4v) is 2.89. The van der Waals surface area contributed by atoms with E-state index in [1.165, 1.54) is 19.3 Å². The SMILES string of the molecule is N=C(F)c1cc(C#CC2CCC2)ccc1NPI. The molecule has 0 radical (unpaired) electrons. The van der Waals surface area contributed by atoms with E-state index in [4.69, 9.17) is 5.41 Å². The summed E-state index contributed by atoms with van der Waals surface area (Å²) in [5, 5.41) is 10.2. The fourth-order valence-electron chi connectivity index (χ4n) is 1.70. The van der Waals surface area contributed by atoms with Crippen LogP contribution in [0.2, 0.25) is 0 Å². The minimum atomic E-state index is -0.917. The predicted octanol–water partition coefficient (Wildman–Crippen LogP) is 4.49. The van der Waals surface area contributed by atoms with Gasteiger partial charge in [0.2, 0.25) is 5.97 Å². The van der Waals surface area contributed by atoms with Gasteiger partial charge in [-0.15, -0.1) is 0 Å². The summed E-state index contributed by atoms with van der Waals surface area (Å²) in [5.41, 5.74) is 1.73. The molecule has 5 heteroatoms. The van der Waals surface area contributed by atoms with Crippen molar-refractivity contribution in [2.45, 2.75) is 19.3 Å². The van der Waals surface area contributed by atoms with E-state index in [-0.39, 0.29) is 0 Å². The Kier molecular flexibility index (Phi) is 4.96. The molecule has 18 heavy (non-hydrogen) atoms. The Balaban J connectivity index is 2.23. The first-order chi connectivity index (χ1) is 8.70. The summed E-state index contributed by atoms with van der Waals surface area (Å²) in [7, 11) is 0. The van der Waals surface area contributed by atoms with E-state index in [1.54, 1.807) is 12.1 Å². The summed E-state index contributed by atoms with van der Waals surface area (Å²) in [6.45, 7) is 0. The average molecular weight is 374 g/mol. The van der Waals surface area contributed by atoms with Crippen molar-refractivity contribution in [2.75, 3.05) is 5.09 Å². The summed E-state index contributed by atoms with van der Waals surface area (Å²) in [6.07, 6.45) is 4.06. The quantitative estimate of drug-likeness (QED) is 0.348. The van der Waals surface area contributed by atoms with Crippen LogP contribution in [0.4, 0.5) is 10.1 Å². The summed E-state index contributed by atoms with van der Waals surface area (Å²) in [4.78, 5) is 0. The van der Waals surface area contributed by atoms with E-state index in [0.717, 1.165) is 5.56 Å². The Morgan fingerprint density at radius 2 is 2.28 bits per heavy atom. The standard InChI is InChI=1S/C13H13FIN2P/c14-13(16)11-8-10(5-4-9-2-1-3-9)6-7-12(11)17-18-15/h6-9,16-18H,1-3H2. The number of hydrogen-bond donors (Lipinski definition) is 2. The molecule has 0 aromatic heterocycles. The highest BCUT2D eigenvalue weighted by atomic mass is 127. The van der Waals surface area contributed by atoms with Gasteiger partial charge in [0.25, 0.3) is 0 Å². The van der Waals surface area contributed by atoms with Gasteiger partial charge in [0.1, 0.15) is 0 Å². The molecule has 1 saturated carbocycles. The van der Waals surface area contributed by atoms with Gasteiger partial charge in [0.05, 0.1) is 5.56 Å². The van der Waals surface area contributed by atoms with Gasteiger partial charge in [-0.1, -0.05) is 18.3 Å². The van der Waals surface area contributed by atoms with E-state index in [9.17, 15) is 4.39 Å². The number of benzene rings is 1. The van der Waals surface area contributed by atoms with Crippen LogP contribution in [0.1, 0.15) is 30.4 Å². The normalized spacial score (nSPS) is 15.0. The molecule has 1 unspecified atom stereocenters. The molecule has 1 fully saturated rings. The van der Waals surface area contributed by atoms with Crippen molar-refractivity contribution in [3.8, 4) is 11.8 Å². The van der Waals surface area contributed by atoms with Crippen LogP contribution >= 0.6 is 28.4 Å². The van der Waals surface area contributed by atoms with Crippen LogP contribution in [-0.2, 0) is 0 Å². The summed E-state index contributed by atoms with van der Waals surface area (Å²) >= 11 is 2.17. The largest absolute Gasteiger partial charge is 0.358 e. The molecule has 0 bridgehead atoms. The molecule has 94 valence electrons. The van der Waals surface area contributed by atoms with Crippen molar-refractivity contribution in [3.05, 3.63) is 29.3 Å². The molecule has 1 atom stereocenters. The molecule has 1 aromatic rings. The van der Waals surface area contributed by atoms with Crippen molar-refractivity contribution >= 4 is 40.1 Å². The van der Waals surface area contributed by atoms with Crippen molar-refractivity contribution in [3.63, 3.8) is 0 Å². The number of nitrogens with one attached hydrogen (secondary N) is 2. The first-order valence-corrected chi connectivity index (χ1v) is 9.84. The van der Waals surface area contributed by atoms with Gasteiger partial charge in [-0.2, -0.15) is 4.39 Å². The molecule has 1 aliphatic rings. The minimum absolute atomic E-state index is 0.291. The molecule has 2 N–H and O–H groups in total. The molecule has 1 aliphatic carbocycles. The van der Waals surface area contributed by atoms with Gasteiger partial charge < -0.3 is 5.09 Å². The highest BCUT2D eigenvalue weighted by molar-refractivity contribution is 14.2. The maximum Gasteiger partial charge on any atom is 0.214 e.